The van der Waals surface area contributed by atoms with Crippen LogP contribution in [0.1, 0.15) is 85.5 Å². The average molecular weight is 367 g/mol. The van der Waals surface area contributed by atoms with E-state index in [-0.39, 0.29) is 6.42 Å². The lowest BCUT2D eigenvalue weighted by molar-refractivity contribution is -0.177. The summed E-state index contributed by atoms with van der Waals surface area (Å²) in [6.45, 7) is 13.4. The highest BCUT2D eigenvalue weighted by atomic mass is 28.3. The van der Waals surface area contributed by atoms with Gasteiger partial charge in [-0.05, 0) is 30.6 Å². The largest absolute Gasteiger partial charge is 0.391 e. The molecule has 0 bridgehead atoms. The summed E-state index contributed by atoms with van der Waals surface area (Å²) in [5.41, 5.74) is 0.500. The van der Waals surface area contributed by atoms with Crippen LogP contribution in [-0.4, -0.2) is 15.0 Å². The van der Waals surface area contributed by atoms with Crippen LogP contribution in [0.15, 0.2) is 0 Å². The standard InChI is InChI=1S/C20H41F3Si/c1-7-18(20(21,22)23)14-13-17(2)12-10-8-9-11-15-19(3,4)16-24(5)6/h17-18,24H,7-16H2,1-6H3. The van der Waals surface area contributed by atoms with E-state index in [9.17, 15) is 13.2 Å². The molecule has 2 atom stereocenters. The molecule has 0 saturated carbocycles. The maximum atomic E-state index is 12.7. The number of rotatable bonds is 13. The predicted molar refractivity (Wildman–Crippen MR) is 103 cm³/mol. The molecule has 146 valence electrons. The van der Waals surface area contributed by atoms with Crippen molar-refractivity contribution in [3.05, 3.63) is 0 Å². The van der Waals surface area contributed by atoms with Crippen LogP contribution >= 0.6 is 0 Å². The highest BCUT2D eigenvalue weighted by Gasteiger charge is 2.37. The molecule has 0 nitrogen and oxygen atoms in total. The molecule has 0 fully saturated rings. The maximum absolute atomic E-state index is 12.7. The Labute approximate surface area is 150 Å². The minimum atomic E-state index is -4.01. The van der Waals surface area contributed by atoms with Crippen molar-refractivity contribution < 1.29 is 13.2 Å². The molecule has 0 N–H and O–H groups in total. The molecule has 0 aliphatic heterocycles. The van der Waals surface area contributed by atoms with E-state index >= 15 is 0 Å². The van der Waals surface area contributed by atoms with E-state index in [1.165, 1.54) is 38.1 Å². The summed E-state index contributed by atoms with van der Waals surface area (Å²) >= 11 is 0. The summed E-state index contributed by atoms with van der Waals surface area (Å²) in [6.07, 6.45) is 4.59. The van der Waals surface area contributed by atoms with E-state index in [0.29, 0.717) is 24.2 Å². The zero-order chi connectivity index (χ0) is 18.8. The van der Waals surface area contributed by atoms with Crippen molar-refractivity contribution in [3.8, 4) is 0 Å². The van der Waals surface area contributed by atoms with Gasteiger partial charge in [0.25, 0.3) is 0 Å². The highest BCUT2D eigenvalue weighted by Crippen LogP contribution is 2.34. The number of hydrogen-bond donors (Lipinski definition) is 0. The van der Waals surface area contributed by atoms with Gasteiger partial charge < -0.3 is 0 Å². The van der Waals surface area contributed by atoms with Gasteiger partial charge in [0.05, 0.1) is 5.92 Å². The molecule has 4 heteroatoms. The summed E-state index contributed by atoms with van der Waals surface area (Å²) in [7, 11) is -0.486. The fourth-order valence-electron chi connectivity index (χ4n) is 3.89. The smallest absolute Gasteiger partial charge is 0.171 e. The Morgan fingerprint density at radius 3 is 1.96 bits per heavy atom. The van der Waals surface area contributed by atoms with Crippen LogP contribution < -0.4 is 0 Å². The summed E-state index contributed by atoms with van der Waals surface area (Å²) in [5, 5.41) is 0. The number of halogens is 3. The molecule has 0 radical (unpaired) electrons. The first kappa shape index (κ1) is 24.0. The van der Waals surface area contributed by atoms with Gasteiger partial charge in [-0.25, -0.2) is 0 Å². The Morgan fingerprint density at radius 2 is 1.46 bits per heavy atom. The lowest BCUT2D eigenvalue weighted by Gasteiger charge is -2.26. The quantitative estimate of drug-likeness (QED) is 0.230. The number of unbranched alkanes of at least 4 members (excludes halogenated alkanes) is 3. The van der Waals surface area contributed by atoms with E-state index < -0.39 is 20.9 Å². The summed E-state index contributed by atoms with van der Waals surface area (Å²) in [6, 6.07) is 1.42. The maximum Gasteiger partial charge on any atom is 0.391 e. The monoisotopic (exact) mass is 366 g/mol. The molecule has 0 aromatic carbocycles. The summed E-state index contributed by atoms with van der Waals surface area (Å²) in [4.78, 5) is 0. The van der Waals surface area contributed by atoms with Gasteiger partial charge in [0.2, 0.25) is 0 Å². The van der Waals surface area contributed by atoms with Crippen molar-refractivity contribution >= 4 is 8.80 Å². The molecule has 24 heavy (non-hydrogen) atoms. The van der Waals surface area contributed by atoms with Crippen LogP contribution in [0.25, 0.3) is 0 Å². The van der Waals surface area contributed by atoms with Crippen LogP contribution in [0.2, 0.25) is 19.1 Å². The van der Waals surface area contributed by atoms with Crippen molar-refractivity contribution in [1.82, 2.24) is 0 Å². The minimum absolute atomic E-state index is 0.214. The van der Waals surface area contributed by atoms with Gasteiger partial charge in [0, 0.05) is 8.80 Å². The van der Waals surface area contributed by atoms with Crippen LogP contribution in [0.5, 0.6) is 0 Å². The SMILES string of the molecule is CCC(CCC(C)CCCCCCC(C)(C)C[SiH](C)C)C(F)(F)F. The third-order valence-corrected chi connectivity index (χ3v) is 7.15. The molecule has 0 aromatic rings. The lowest BCUT2D eigenvalue weighted by atomic mass is 9.88. The molecule has 0 rings (SSSR count). The second-order valence-corrected chi connectivity index (χ2v) is 12.2. The summed E-state index contributed by atoms with van der Waals surface area (Å²) in [5.74, 6) is -0.684. The molecular weight excluding hydrogens is 325 g/mol. The summed E-state index contributed by atoms with van der Waals surface area (Å²) < 4.78 is 38.2. The first-order valence-electron chi connectivity index (χ1n) is 10.0. The Balaban J connectivity index is 3.74. The Morgan fingerprint density at radius 1 is 0.875 bits per heavy atom. The molecule has 0 aromatic heterocycles. The molecule has 0 saturated heterocycles. The van der Waals surface area contributed by atoms with Crippen molar-refractivity contribution in [1.29, 1.82) is 0 Å². The Hall–Kier alpha value is 0.00688. The fourth-order valence-corrected chi connectivity index (χ4v) is 6.30. The van der Waals surface area contributed by atoms with E-state index in [4.69, 9.17) is 0 Å². The molecule has 0 heterocycles. The Kier molecular flexibility index (Phi) is 11.6. The van der Waals surface area contributed by atoms with E-state index in [2.05, 4.69) is 33.9 Å². The van der Waals surface area contributed by atoms with Gasteiger partial charge in [-0.2, -0.15) is 13.2 Å². The first-order chi connectivity index (χ1) is 11.0. The highest BCUT2D eigenvalue weighted by molar-refractivity contribution is 6.55. The van der Waals surface area contributed by atoms with Crippen LogP contribution in [0.3, 0.4) is 0 Å². The lowest BCUT2D eigenvalue weighted by Crippen LogP contribution is -2.22. The molecule has 2 unspecified atom stereocenters. The second kappa shape index (κ2) is 11.6. The first-order valence-corrected chi connectivity index (χ1v) is 13.2. The Bertz CT molecular complexity index is 310. The second-order valence-electron chi connectivity index (χ2n) is 9.04. The zero-order valence-electron chi connectivity index (χ0n) is 16.9. The molecule has 0 spiro atoms. The van der Waals surface area contributed by atoms with Crippen LogP contribution in [-0.2, 0) is 0 Å². The van der Waals surface area contributed by atoms with Gasteiger partial charge in [0.15, 0.2) is 0 Å². The van der Waals surface area contributed by atoms with E-state index in [1.807, 2.05) is 0 Å². The van der Waals surface area contributed by atoms with Crippen LogP contribution in [0, 0.1) is 17.3 Å². The predicted octanol–water partition coefficient (Wildman–Crippen LogP) is 7.84. The van der Waals surface area contributed by atoms with Crippen molar-refractivity contribution in [3.63, 3.8) is 0 Å². The van der Waals surface area contributed by atoms with Gasteiger partial charge >= 0.3 is 6.18 Å². The van der Waals surface area contributed by atoms with E-state index in [1.54, 1.807) is 6.92 Å². The van der Waals surface area contributed by atoms with Crippen molar-refractivity contribution in [2.45, 2.75) is 111 Å². The molecule has 0 aliphatic rings. The normalized spacial score (nSPS) is 15.8. The third kappa shape index (κ3) is 12.4. The molecule has 0 amide bonds. The van der Waals surface area contributed by atoms with Gasteiger partial charge in [-0.1, -0.05) is 85.4 Å². The van der Waals surface area contributed by atoms with Crippen molar-refractivity contribution in [2.24, 2.45) is 17.3 Å². The number of hydrogen-bond acceptors (Lipinski definition) is 0. The third-order valence-electron chi connectivity index (χ3n) is 5.22. The topological polar surface area (TPSA) is 0 Å². The van der Waals surface area contributed by atoms with Gasteiger partial charge in [-0.15, -0.1) is 0 Å². The molecule has 0 aliphatic carbocycles. The zero-order valence-corrected chi connectivity index (χ0v) is 18.1. The number of alkyl halides is 3. The molecular formula is C20H41F3Si. The minimum Gasteiger partial charge on any atom is -0.171 e. The van der Waals surface area contributed by atoms with Gasteiger partial charge in [-0.3, -0.25) is 0 Å². The van der Waals surface area contributed by atoms with E-state index in [0.717, 1.165) is 6.42 Å². The average Bonchev–Trinajstić information content (AvgIpc) is 2.40. The van der Waals surface area contributed by atoms with Gasteiger partial charge in [0.1, 0.15) is 0 Å². The van der Waals surface area contributed by atoms with Crippen molar-refractivity contribution in [2.75, 3.05) is 0 Å². The fraction of sp³-hybridized carbons (Fsp3) is 1.00. The van der Waals surface area contributed by atoms with Crippen LogP contribution in [0.4, 0.5) is 13.2 Å².